The molecule has 0 N–H and O–H groups in total. The number of hydrogen-bond donors (Lipinski definition) is 0. The Morgan fingerprint density at radius 1 is 1.06 bits per heavy atom. The molecule has 0 spiro atoms. The maximum absolute atomic E-state index is 12.1. The van der Waals surface area contributed by atoms with Crippen LogP contribution in [-0.2, 0) is 10.5 Å². The van der Waals surface area contributed by atoms with Crippen LogP contribution in [0.15, 0.2) is 30.3 Å². The van der Waals surface area contributed by atoms with Gasteiger partial charge >= 0.3 is 0 Å². The average Bonchev–Trinajstić information content (AvgIpc) is 2.45. The summed E-state index contributed by atoms with van der Waals surface area (Å²) >= 11 is 12.5. The molecule has 1 amide bonds. The Morgan fingerprint density at radius 2 is 1.59 bits per heavy atom. The molecule has 1 heterocycles. The smallest absolute Gasteiger partial charge is 0.260 e. The van der Waals surface area contributed by atoms with Gasteiger partial charge in [0.05, 0.1) is 0 Å². The van der Waals surface area contributed by atoms with Gasteiger partial charge in [0.2, 0.25) is 0 Å². The van der Waals surface area contributed by atoms with Crippen molar-refractivity contribution in [2.45, 2.75) is 32.0 Å². The number of nitrogens with zero attached hydrogens (tertiary/aromatic N) is 2. The lowest BCUT2D eigenvalue weighted by Crippen LogP contribution is -2.44. The van der Waals surface area contributed by atoms with E-state index in [0.29, 0.717) is 0 Å². The Bertz CT molecular complexity index is 449. The van der Waals surface area contributed by atoms with E-state index in [1.165, 1.54) is 8.84 Å². The van der Waals surface area contributed by atoms with Crippen LogP contribution in [0.5, 0.6) is 0 Å². The average molecular weight is 273 g/mol. The molecule has 92 valence electrons. The Hall–Kier alpha value is -0.770. The van der Waals surface area contributed by atoms with Gasteiger partial charge in [0.15, 0.2) is 0 Å². The van der Waals surface area contributed by atoms with Crippen molar-refractivity contribution in [3.05, 3.63) is 35.9 Å². The standard InChI is InChI=1S/C12H14Cl2N2O/c1-11(2)10(17)15(13)12(3,16(11)14)9-7-5-4-6-8-9/h4-8H,1-3H3. The third kappa shape index (κ3) is 1.57. The van der Waals surface area contributed by atoms with Gasteiger partial charge in [-0.1, -0.05) is 30.3 Å². The molecular formula is C12H14Cl2N2O. The van der Waals surface area contributed by atoms with E-state index in [2.05, 4.69) is 0 Å². The minimum absolute atomic E-state index is 0.208. The van der Waals surface area contributed by atoms with Gasteiger partial charge in [-0.2, -0.15) is 4.42 Å². The van der Waals surface area contributed by atoms with Gasteiger partial charge in [0, 0.05) is 11.8 Å². The first-order valence-electron chi connectivity index (χ1n) is 5.35. The van der Waals surface area contributed by atoms with Gasteiger partial charge in [-0.05, 0) is 38.1 Å². The predicted octanol–water partition coefficient (Wildman–Crippen LogP) is 3.09. The van der Waals surface area contributed by atoms with E-state index in [4.69, 9.17) is 23.6 Å². The Balaban J connectivity index is 2.56. The number of carbonyl (C=O) groups is 1. The van der Waals surface area contributed by atoms with Crippen LogP contribution in [0, 0.1) is 0 Å². The summed E-state index contributed by atoms with van der Waals surface area (Å²) in [5, 5.41) is 0. The molecule has 1 atom stereocenters. The minimum atomic E-state index is -0.842. The number of amides is 1. The molecule has 0 saturated carbocycles. The molecule has 5 heteroatoms. The summed E-state index contributed by atoms with van der Waals surface area (Å²) in [6.07, 6.45) is 0. The monoisotopic (exact) mass is 272 g/mol. The molecule has 1 aliphatic rings. The molecule has 1 aromatic rings. The highest BCUT2D eigenvalue weighted by molar-refractivity contribution is 6.27. The first-order valence-corrected chi connectivity index (χ1v) is 6.02. The van der Waals surface area contributed by atoms with E-state index in [1.807, 2.05) is 37.3 Å². The molecule has 1 unspecified atom stereocenters. The summed E-state index contributed by atoms with van der Waals surface area (Å²) in [6, 6.07) is 9.50. The third-order valence-electron chi connectivity index (χ3n) is 3.28. The summed E-state index contributed by atoms with van der Waals surface area (Å²) in [5.41, 5.74) is -0.789. The molecule has 0 bridgehead atoms. The van der Waals surface area contributed by atoms with E-state index >= 15 is 0 Å². The molecule has 1 fully saturated rings. The first-order chi connectivity index (χ1) is 7.83. The highest BCUT2D eigenvalue weighted by atomic mass is 35.5. The van der Waals surface area contributed by atoms with Crippen molar-refractivity contribution in [3.63, 3.8) is 0 Å². The van der Waals surface area contributed by atoms with Crippen molar-refractivity contribution in [1.29, 1.82) is 0 Å². The van der Waals surface area contributed by atoms with Crippen LogP contribution < -0.4 is 0 Å². The van der Waals surface area contributed by atoms with Crippen LogP contribution in [0.4, 0.5) is 0 Å². The van der Waals surface area contributed by atoms with Gasteiger partial charge in [0.1, 0.15) is 11.2 Å². The summed E-state index contributed by atoms with van der Waals surface area (Å²) in [6.45, 7) is 5.34. The second-order valence-corrected chi connectivity index (χ2v) is 5.49. The lowest BCUT2D eigenvalue weighted by Gasteiger charge is -2.35. The zero-order chi connectivity index (χ0) is 12.8. The quantitative estimate of drug-likeness (QED) is 0.734. The number of benzene rings is 1. The first kappa shape index (κ1) is 12.7. The molecular weight excluding hydrogens is 259 g/mol. The van der Waals surface area contributed by atoms with Gasteiger partial charge in [-0.25, -0.2) is 4.42 Å². The summed E-state index contributed by atoms with van der Waals surface area (Å²) in [5.74, 6) is -0.208. The Labute approximate surface area is 111 Å². The van der Waals surface area contributed by atoms with Gasteiger partial charge < -0.3 is 0 Å². The van der Waals surface area contributed by atoms with Crippen LogP contribution in [0.3, 0.4) is 0 Å². The topological polar surface area (TPSA) is 23.6 Å². The summed E-state index contributed by atoms with van der Waals surface area (Å²) in [7, 11) is 0. The molecule has 1 aromatic carbocycles. The van der Waals surface area contributed by atoms with Crippen LogP contribution in [0.1, 0.15) is 26.3 Å². The highest BCUT2D eigenvalue weighted by Crippen LogP contribution is 2.47. The molecule has 0 aliphatic carbocycles. The van der Waals surface area contributed by atoms with Crippen LogP contribution in [0.2, 0.25) is 0 Å². The fourth-order valence-corrected chi connectivity index (χ4v) is 2.79. The van der Waals surface area contributed by atoms with E-state index in [1.54, 1.807) is 13.8 Å². The Kier molecular flexibility index (Phi) is 2.89. The minimum Gasteiger partial charge on any atom is -0.271 e. The lowest BCUT2D eigenvalue weighted by atomic mass is 10.0. The third-order valence-corrected chi connectivity index (χ3v) is 4.51. The van der Waals surface area contributed by atoms with Crippen molar-refractivity contribution >= 4 is 29.5 Å². The number of halogens is 2. The van der Waals surface area contributed by atoms with Crippen molar-refractivity contribution in [1.82, 2.24) is 8.84 Å². The normalized spacial score (nSPS) is 28.8. The zero-order valence-electron chi connectivity index (χ0n) is 9.95. The fourth-order valence-electron chi connectivity index (χ4n) is 2.12. The van der Waals surface area contributed by atoms with E-state index in [9.17, 15) is 4.79 Å². The molecule has 1 aliphatic heterocycles. The maximum atomic E-state index is 12.1. The molecule has 3 nitrogen and oxygen atoms in total. The summed E-state index contributed by atoms with van der Waals surface area (Å²) < 4.78 is 2.65. The van der Waals surface area contributed by atoms with Crippen LogP contribution >= 0.6 is 23.6 Å². The number of rotatable bonds is 1. The number of hydrogen-bond acceptors (Lipinski definition) is 2. The molecule has 0 radical (unpaired) electrons. The lowest BCUT2D eigenvalue weighted by molar-refractivity contribution is -0.129. The van der Waals surface area contributed by atoms with Crippen molar-refractivity contribution < 1.29 is 4.79 Å². The van der Waals surface area contributed by atoms with Gasteiger partial charge in [-0.15, -0.1) is 0 Å². The second-order valence-electron chi connectivity index (χ2n) is 4.81. The molecule has 17 heavy (non-hydrogen) atoms. The number of carbonyl (C=O) groups excluding carboxylic acids is 1. The maximum Gasteiger partial charge on any atom is 0.260 e. The van der Waals surface area contributed by atoms with Crippen LogP contribution in [-0.4, -0.2) is 20.3 Å². The van der Waals surface area contributed by atoms with Crippen LogP contribution in [0.25, 0.3) is 0 Å². The molecule has 1 saturated heterocycles. The fraction of sp³-hybridized carbons (Fsp3) is 0.417. The van der Waals surface area contributed by atoms with Gasteiger partial charge in [0.25, 0.3) is 5.91 Å². The molecule has 2 rings (SSSR count). The van der Waals surface area contributed by atoms with E-state index in [-0.39, 0.29) is 5.91 Å². The van der Waals surface area contributed by atoms with Crippen molar-refractivity contribution in [2.24, 2.45) is 0 Å². The molecule has 0 aromatic heterocycles. The largest absolute Gasteiger partial charge is 0.271 e. The zero-order valence-corrected chi connectivity index (χ0v) is 11.5. The van der Waals surface area contributed by atoms with Crippen molar-refractivity contribution in [3.8, 4) is 0 Å². The second kappa shape index (κ2) is 3.87. The van der Waals surface area contributed by atoms with E-state index < -0.39 is 11.2 Å². The highest BCUT2D eigenvalue weighted by Gasteiger charge is 2.59. The Morgan fingerprint density at radius 3 is 2.00 bits per heavy atom. The van der Waals surface area contributed by atoms with Crippen molar-refractivity contribution in [2.75, 3.05) is 0 Å². The predicted molar refractivity (Wildman–Crippen MR) is 68.3 cm³/mol. The SMILES string of the molecule is CC1(C)C(=O)N(Cl)C(C)(c2ccccc2)N1Cl. The summed E-state index contributed by atoms with van der Waals surface area (Å²) in [4.78, 5) is 12.1. The van der Waals surface area contributed by atoms with Gasteiger partial charge in [-0.3, -0.25) is 4.79 Å². The van der Waals surface area contributed by atoms with E-state index in [0.717, 1.165) is 5.56 Å².